The molecule has 1 N–H and O–H groups in total. The van der Waals surface area contributed by atoms with E-state index in [1.807, 2.05) is 19.0 Å². The number of carboxylic acids is 1. The Morgan fingerprint density at radius 1 is 1.29 bits per heavy atom. The molecule has 0 bridgehead atoms. The number of hydrogen-bond acceptors (Lipinski definition) is 5. The van der Waals surface area contributed by atoms with Crippen LogP contribution in [-0.4, -0.2) is 90.6 Å². The number of amides is 2. The van der Waals surface area contributed by atoms with E-state index in [0.717, 1.165) is 19.6 Å². The number of halogens is 3. The van der Waals surface area contributed by atoms with Gasteiger partial charge in [0.15, 0.2) is 5.76 Å². The molecule has 1 aromatic rings. The molecule has 2 fully saturated rings. The van der Waals surface area contributed by atoms with Crippen molar-refractivity contribution in [3.8, 4) is 0 Å². The number of furan rings is 1. The summed E-state index contributed by atoms with van der Waals surface area (Å²) in [5, 5.41) is 7.12. The molecule has 2 amide bonds. The highest BCUT2D eigenvalue weighted by molar-refractivity contribution is 5.93. The van der Waals surface area contributed by atoms with Crippen molar-refractivity contribution in [3.63, 3.8) is 0 Å². The average molecular weight is 405 g/mol. The number of carbonyl (C=O) groups is 3. The van der Waals surface area contributed by atoms with E-state index in [4.69, 9.17) is 14.3 Å². The highest BCUT2D eigenvalue weighted by atomic mass is 19.4. The second-order valence-corrected chi connectivity index (χ2v) is 6.94. The standard InChI is InChI=1S/C15H21N3O3.C2HF3O2/c1-16(2)5-6-17-8-11-9-18(10-12(11)14(17)19)15(20)13-4-3-7-21-13;3-2(4,5)1(6)7/h3-4,7,11-12H,5-6,8-10H2,1-2H3;(H,6,7)/t11-,12+;/m1./s1. The lowest BCUT2D eigenvalue weighted by atomic mass is 10.0. The summed E-state index contributed by atoms with van der Waals surface area (Å²) in [6.07, 6.45) is -3.59. The zero-order valence-corrected chi connectivity index (χ0v) is 15.5. The number of fused-ring (bicyclic) bond motifs is 1. The number of alkyl halides is 3. The predicted molar refractivity (Wildman–Crippen MR) is 90.4 cm³/mol. The molecule has 0 aliphatic carbocycles. The maximum absolute atomic E-state index is 12.4. The fourth-order valence-electron chi connectivity index (χ4n) is 3.19. The van der Waals surface area contributed by atoms with Gasteiger partial charge in [-0.3, -0.25) is 9.59 Å². The van der Waals surface area contributed by atoms with Crippen LogP contribution in [0.5, 0.6) is 0 Å². The van der Waals surface area contributed by atoms with Gasteiger partial charge in [0.2, 0.25) is 5.91 Å². The molecule has 28 heavy (non-hydrogen) atoms. The van der Waals surface area contributed by atoms with Gasteiger partial charge in [0.05, 0.1) is 12.2 Å². The third kappa shape index (κ3) is 5.24. The Morgan fingerprint density at radius 2 is 1.93 bits per heavy atom. The molecule has 2 aliphatic rings. The molecular weight excluding hydrogens is 383 g/mol. The average Bonchev–Trinajstić information content (AvgIpc) is 3.30. The maximum Gasteiger partial charge on any atom is 0.490 e. The molecule has 156 valence electrons. The van der Waals surface area contributed by atoms with Gasteiger partial charge in [-0.05, 0) is 26.2 Å². The van der Waals surface area contributed by atoms with Crippen molar-refractivity contribution in [2.75, 3.05) is 46.8 Å². The van der Waals surface area contributed by atoms with E-state index >= 15 is 0 Å². The minimum Gasteiger partial charge on any atom is -0.475 e. The highest BCUT2D eigenvalue weighted by Gasteiger charge is 2.47. The van der Waals surface area contributed by atoms with Crippen molar-refractivity contribution in [2.45, 2.75) is 6.18 Å². The summed E-state index contributed by atoms with van der Waals surface area (Å²) in [4.78, 5) is 39.3. The monoisotopic (exact) mass is 405 g/mol. The molecule has 2 atom stereocenters. The number of hydrogen-bond donors (Lipinski definition) is 1. The topological polar surface area (TPSA) is 94.3 Å². The first kappa shape index (κ1) is 21.7. The van der Waals surface area contributed by atoms with Crippen molar-refractivity contribution in [1.29, 1.82) is 0 Å². The number of likely N-dealkylation sites (tertiary alicyclic amines) is 2. The first-order chi connectivity index (χ1) is 13.0. The van der Waals surface area contributed by atoms with Crippen LogP contribution in [0.4, 0.5) is 13.2 Å². The fraction of sp³-hybridized carbons (Fsp3) is 0.588. The van der Waals surface area contributed by atoms with Crippen LogP contribution in [0.2, 0.25) is 0 Å². The maximum atomic E-state index is 12.4. The first-order valence-corrected chi connectivity index (χ1v) is 8.57. The molecule has 3 heterocycles. The molecule has 8 nitrogen and oxygen atoms in total. The van der Waals surface area contributed by atoms with Crippen LogP contribution in [-0.2, 0) is 9.59 Å². The summed E-state index contributed by atoms with van der Waals surface area (Å²) in [5.74, 6) is -2.09. The molecule has 0 saturated carbocycles. The van der Waals surface area contributed by atoms with E-state index in [1.165, 1.54) is 6.26 Å². The minimum atomic E-state index is -5.08. The third-order valence-corrected chi connectivity index (χ3v) is 4.60. The lowest BCUT2D eigenvalue weighted by Gasteiger charge is -2.22. The summed E-state index contributed by atoms with van der Waals surface area (Å²) in [6, 6.07) is 3.37. The number of aliphatic carboxylic acids is 1. The van der Waals surface area contributed by atoms with Crippen molar-refractivity contribution >= 4 is 17.8 Å². The SMILES string of the molecule is CN(C)CCN1C[C@@H]2CN(C(=O)c3ccco3)C[C@@H]2C1=O.O=C(O)C(F)(F)F. The normalized spacial score (nSPS) is 21.6. The lowest BCUT2D eigenvalue weighted by molar-refractivity contribution is -0.192. The summed E-state index contributed by atoms with van der Waals surface area (Å²) < 4.78 is 36.9. The number of nitrogens with zero attached hydrogens (tertiary/aromatic N) is 3. The van der Waals surface area contributed by atoms with Crippen LogP contribution in [0.3, 0.4) is 0 Å². The van der Waals surface area contributed by atoms with E-state index in [0.29, 0.717) is 18.8 Å². The first-order valence-electron chi connectivity index (χ1n) is 8.57. The second-order valence-electron chi connectivity index (χ2n) is 6.94. The molecule has 1 aromatic heterocycles. The predicted octanol–water partition coefficient (Wildman–Crippen LogP) is 1.00. The van der Waals surface area contributed by atoms with Crippen LogP contribution < -0.4 is 0 Å². The summed E-state index contributed by atoms with van der Waals surface area (Å²) in [6.45, 7) is 3.57. The Balaban J connectivity index is 0.000000345. The summed E-state index contributed by atoms with van der Waals surface area (Å²) in [5.41, 5.74) is 0. The van der Waals surface area contributed by atoms with Crippen molar-refractivity contribution in [2.24, 2.45) is 11.8 Å². The van der Waals surface area contributed by atoms with Gasteiger partial charge in [-0.15, -0.1) is 0 Å². The molecule has 0 spiro atoms. The second kappa shape index (κ2) is 8.63. The Morgan fingerprint density at radius 3 is 2.39 bits per heavy atom. The summed E-state index contributed by atoms with van der Waals surface area (Å²) in [7, 11) is 4.01. The lowest BCUT2D eigenvalue weighted by Crippen LogP contribution is -2.38. The zero-order chi connectivity index (χ0) is 21.1. The molecule has 0 radical (unpaired) electrons. The summed E-state index contributed by atoms with van der Waals surface area (Å²) >= 11 is 0. The fourth-order valence-corrected chi connectivity index (χ4v) is 3.19. The van der Waals surface area contributed by atoms with Crippen molar-refractivity contribution in [1.82, 2.24) is 14.7 Å². The van der Waals surface area contributed by atoms with Crippen LogP contribution >= 0.6 is 0 Å². The highest BCUT2D eigenvalue weighted by Crippen LogP contribution is 2.32. The number of rotatable bonds is 4. The van der Waals surface area contributed by atoms with Gasteiger partial charge in [0, 0.05) is 38.6 Å². The van der Waals surface area contributed by atoms with E-state index in [-0.39, 0.29) is 23.7 Å². The minimum absolute atomic E-state index is 0.0360. The third-order valence-electron chi connectivity index (χ3n) is 4.60. The molecule has 0 unspecified atom stereocenters. The largest absolute Gasteiger partial charge is 0.490 e. The van der Waals surface area contributed by atoms with Gasteiger partial charge in [-0.1, -0.05) is 0 Å². The van der Waals surface area contributed by atoms with Crippen LogP contribution in [0.15, 0.2) is 22.8 Å². The molecule has 11 heteroatoms. The number of carbonyl (C=O) groups excluding carboxylic acids is 2. The van der Waals surface area contributed by atoms with E-state index in [1.54, 1.807) is 17.0 Å². The van der Waals surface area contributed by atoms with Crippen LogP contribution in [0, 0.1) is 11.8 Å². The molecule has 3 rings (SSSR count). The van der Waals surface area contributed by atoms with Crippen LogP contribution in [0.1, 0.15) is 10.6 Å². The van der Waals surface area contributed by atoms with Crippen LogP contribution in [0.25, 0.3) is 0 Å². The Kier molecular flexibility index (Phi) is 6.70. The number of likely N-dealkylation sites (N-methyl/N-ethyl adjacent to an activating group) is 1. The Hall–Kier alpha value is -2.56. The number of carboxylic acid groups (broad SMARTS) is 1. The Labute approximate surface area is 159 Å². The van der Waals surface area contributed by atoms with Gasteiger partial charge in [0.1, 0.15) is 0 Å². The van der Waals surface area contributed by atoms with Gasteiger partial charge < -0.3 is 24.2 Å². The molecule has 2 aliphatic heterocycles. The van der Waals surface area contributed by atoms with Gasteiger partial charge >= 0.3 is 12.1 Å². The van der Waals surface area contributed by atoms with Gasteiger partial charge in [-0.2, -0.15) is 13.2 Å². The molecule has 0 aromatic carbocycles. The Bertz CT molecular complexity index is 705. The van der Waals surface area contributed by atoms with E-state index in [9.17, 15) is 22.8 Å². The zero-order valence-electron chi connectivity index (χ0n) is 15.5. The smallest absolute Gasteiger partial charge is 0.475 e. The van der Waals surface area contributed by atoms with E-state index in [2.05, 4.69) is 4.90 Å². The van der Waals surface area contributed by atoms with Crippen molar-refractivity contribution < 1.29 is 37.1 Å². The molecule has 2 saturated heterocycles. The van der Waals surface area contributed by atoms with Crippen molar-refractivity contribution in [3.05, 3.63) is 24.2 Å². The molecular formula is C17H22F3N3O5. The van der Waals surface area contributed by atoms with Gasteiger partial charge in [0.25, 0.3) is 5.91 Å². The van der Waals surface area contributed by atoms with E-state index < -0.39 is 12.1 Å². The van der Waals surface area contributed by atoms with Gasteiger partial charge in [-0.25, -0.2) is 4.79 Å². The quantitative estimate of drug-likeness (QED) is 0.804.